The minimum Gasteiger partial charge on any atom is -0.396 e. The average Bonchev–Trinajstić information content (AvgIpc) is 2.13. The number of nitrogens with zero attached hydrogens (tertiary/aromatic N) is 2. The van der Waals surface area contributed by atoms with Crippen molar-refractivity contribution in [2.45, 2.75) is 13.0 Å². The SMILES string of the molecule is Cn1ccn(CCCO)c(=O)c1=O. The molecule has 0 saturated carbocycles. The van der Waals surface area contributed by atoms with Crippen molar-refractivity contribution in [1.82, 2.24) is 9.13 Å². The molecule has 1 aromatic heterocycles. The van der Waals surface area contributed by atoms with E-state index < -0.39 is 11.1 Å². The highest BCUT2D eigenvalue weighted by molar-refractivity contribution is 4.84. The first kappa shape index (κ1) is 9.73. The van der Waals surface area contributed by atoms with E-state index in [0.29, 0.717) is 13.0 Å². The normalized spacial score (nSPS) is 10.3. The van der Waals surface area contributed by atoms with Gasteiger partial charge in [-0.2, -0.15) is 0 Å². The molecule has 5 nitrogen and oxygen atoms in total. The Hall–Kier alpha value is -1.36. The van der Waals surface area contributed by atoms with Gasteiger partial charge >= 0.3 is 11.1 Å². The van der Waals surface area contributed by atoms with Crippen LogP contribution >= 0.6 is 0 Å². The second kappa shape index (κ2) is 4.04. The predicted octanol–water partition coefficient (Wildman–Crippen LogP) is -1.07. The Bertz CT molecular complexity index is 391. The molecule has 0 saturated heterocycles. The first-order chi connectivity index (χ1) is 6.16. The van der Waals surface area contributed by atoms with Crippen molar-refractivity contribution < 1.29 is 5.11 Å². The second-order valence-electron chi connectivity index (χ2n) is 2.79. The molecular weight excluding hydrogens is 172 g/mol. The Morgan fingerprint density at radius 2 is 2.00 bits per heavy atom. The standard InChI is InChI=1S/C8H12N2O3/c1-9-4-5-10(3-2-6-11)8(13)7(9)12/h4-5,11H,2-3,6H2,1H3. The lowest BCUT2D eigenvalue weighted by Crippen LogP contribution is -2.39. The maximum atomic E-state index is 11.2. The van der Waals surface area contributed by atoms with Crippen LogP contribution < -0.4 is 11.1 Å². The first-order valence-corrected chi connectivity index (χ1v) is 4.03. The monoisotopic (exact) mass is 184 g/mol. The van der Waals surface area contributed by atoms with Crippen LogP contribution in [0.3, 0.4) is 0 Å². The lowest BCUT2D eigenvalue weighted by atomic mass is 10.4. The molecule has 0 radical (unpaired) electrons. The van der Waals surface area contributed by atoms with E-state index in [-0.39, 0.29) is 6.61 Å². The van der Waals surface area contributed by atoms with Gasteiger partial charge in [-0.1, -0.05) is 0 Å². The zero-order valence-electron chi connectivity index (χ0n) is 7.43. The highest BCUT2D eigenvalue weighted by Gasteiger charge is 2.00. The van der Waals surface area contributed by atoms with Gasteiger partial charge in [-0.15, -0.1) is 0 Å². The number of aliphatic hydroxyl groups excluding tert-OH is 1. The highest BCUT2D eigenvalue weighted by Crippen LogP contribution is 1.83. The molecule has 0 spiro atoms. The molecule has 0 aromatic carbocycles. The van der Waals surface area contributed by atoms with Crippen LogP contribution in [-0.2, 0) is 13.6 Å². The minimum atomic E-state index is -0.543. The first-order valence-electron chi connectivity index (χ1n) is 4.03. The third kappa shape index (κ3) is 2.06. The molecule has 1 N–H and O–H groups in total. The Morgan fingerprint density at radius 1 is 1.31 bits per heavy atom. The van der Waals surface area contributed by atoms with Crippen LogP contribution in [0.25, 0.3) is 0 Å². The molecule has 0 amide bonds. The molecule has 1 rings (SSSR count). The maximum absolute atomic E-state index is 11.2. The number of hydrogen-bond donors (Lipinski definition) is 1. The number of hydrogen-bond acceptors (Lipinski definition) is 3. The number of aryl methyl sites for hydroxylation is 2. The van der Waals surface area contributed by atoms with E-state index in [4.69, 9.17) is 5.11 Å². The maximum Gasteiger partial charge on any atom is 0.316 e. The van der Waals surface area contributed by atoms with Gasteiger partial charge in [-0.05, 0) is 6.42 Å². The van der Waals surface area contributed by atoms with Crippen molar-refractivity contribution in [2.24, 2.45) is 7.05 Å². The van der Waals surface area contributed by atoms with Gasteiger partial charge in [0.2, 0.25) is 0 Å². The molecule has 13 heavy (non-hydrogen) atoms. The molecule has 0 aliphatic heterocycles. The summed E-state index contributed by atoms with van der Waals surface area (Å²) in [6.07, 6.45) is 3.55. The van der Waals surface area contributed by atoms with E-state index >= 15 is 0 Å². The number of rotatable bonds is 3. The molecule has 0 unspecified atom stereocenters. The van der Waals surface area contributed by atoms with Gasteiger partial charge in [0.25, 0.3) is 0 Å². The largest absolute Gasteiger partial charge is 0.396 e. The van der Waals surface area contributed by atoms with E-state index in [1.807, 2.05) is 0 Å². The lowest BCUT2D eigenvalue weighted by Gasteiger charge is -2.03. The van der Waals surface area contributed by atoms with Crippen LogP contribution in [0.15, 0.2) is 22.0 Å². The van der Waals surface area contributed by atoms with Crippen LogP contribution in [0, 0.1) is 0 Å². The summed E-state index contributed by atoms with van der Waals surface area (Å²) >= 11 is 0. The van der Waals surface area contributed by atoms with E-state index in [1.54, 1.807) is 6.20 Å². The van der Waals surface area contributed by atoms with Crippen LogP contribution in [0.5, 0.6) is 0 Å². The third-order valence-corrected chi connectivity index (χ3v) is 1.79. The lowest BCUT2D eigenvalue weighted by molar-refractivity contribution is 0.278. The molecule has 0 aliphatic carbocycles. The van der Waals surface area contributed by atoms with Crippen molar-refractivity contribution in [3.8, 4) is 0 Å². The Kier molecular flexibility index (Phi) is 3.02. The van der Waals surface area contributed by atoms with E-state index in [2.05, 4.69) is 0 Å². The average molecular weight is 184 g/mol. The van der Waals surface area contributed by atoms with Gasteiger partial charge in [0.15, 0.2) is 0 Å². The fourth-order valence-corrected chi connectivity index (χ4v) is 1.01. The highest BCUT2D eigenvalue weighted by atomic mass is 16.3. The third-order valence-electron chi connectivity index (χ3n) is 1.79. The fourth-order valence-electron chi connectivity index (χ4n) is 1.01. The smallest absolute Gasteiger partial charge is 0.316 e. The summed E-state index contributed by atoms with van der Waals surface area (Å²) in [7, 11) is 1.53. The Balaban J connectivity index is 3.05. The van der Waals surface area contributed by atoms with E-state index in [0.717, 1.165) is 0 Å². The van der Waals surface area contributed by atoms with Gasteiger partial charge in [-0.3, -0.25) is 9.59 Å². The van der Waals surface area contributed by atoms with Crippen LogP contribution in [-0.4, -0.2) is 20.8 Å². The Morgan fingerprint density at radius 3 is 2.62 bits per heavy atom. The van der Waals surface area contributed by atoms with Gasteiger partial charge < -0.3 is 14.2 Å². The van der Waals surface area contributed by atoms with Crippen LogP contribution in [0.4, 0.5) is 0 Å². The summed E-state index contributed by atoms with van der Waals surface area (Å²) in [6.45, 7) is 0.396. The van der Waals surface area contributed by atoms with Crippen molar-refractivity contribution in [3.05, 3.63) is 33.1 Å². The molecule has 0 bridgehead atoms. The molecule has 0 atom stereocenters. The summed E-state index contributed by atoms with van der Waals surface area (Å²) in [4.78, 5) is 22.4. The zero-order chi connectivity index (χ0) is 9.84. The van der Waals surface area contributed by atoms with Crippen molar-refractivity contribution in [2.75, 3.05) is 6.61 Å². The van der Waals surface area contributed by atoms with Gasteiger partial charge in [-0.25, -0.2) is 0 Å². The number of aromatic nitrogens is 2. The van der Waals surface area contributed by atoms with Gasteiger partial charge in [0, 0.05) is 32.6 Å². The molecule has 0 aliphatic rings. The quantitative estimate of drug-likeness (QED) is 0.608. The van der Waals surface area contributed by atoms with Crippen LogP contribution in [0.1, 0.15) is 6.42 Å². The molecular formula is C8H12N2O3. The predicted molar refractivity (Wildman–Crippen MR) is 47.6 cm³/mol. The van der Waals surface area contributed by atoms with Gasteiger partial charge in [0.1, 0.15) is 0 Å². The van der Waals surface area contributed by atoms with Crippen molar-refractivity contribution in [1.29, 1.82) is 0 Å². The van der Waals surface area contributed by atoms with Gasteiger partial charge in [0.05, 0.1) is 0 Å². The van der Waals surface area contributed by atoms with Crippen molar-refractivity contribution >= 4 is 0 Å². The molecule has 5 heteroatoms. The zero-order valence-corrected chi connectivity index (χ0v) is 7.43. The molecule has 1 aromatic rings. The molecule has 1 heterocycles. The Labute approximate surface area is 74.9 Å². The fraction of sp³-hybridized carbons (Fsp3) is 0.500. The second-order valence-corrected chi connectivity index (χ2v) is 2.79. The topological polar surface area (TPSA) is 64.2 Å². The molecule has 72 valence electrons. The summed E-state index contributed by atoms with van der Waals surface area (Å²) in [5, 5.41) is 8.54. The van der Waals surface area contributed by atoms with E-state index in [9.17, 15) is 9.59 Å². The molecule has 0 fully saturated rings. The summed E-state index contributed by atoms with van der Waals surface area (Å²) in [5.41, 5.74) is -1.08. The van der Waals surface area contributed by atoms with E-state index in [1.165, 1.54) is 22.4 Å². The summed E-state index contributed by atoms with van der Waals surface area (Å²) < 4.78 is 2.54. The number of aliphatic hydroxyl groups is 1. The summed E-state index contributed by atoms with van der Waals surface area (Å²) in [6, 6.07) is 0. The minimum absolute atomic E-state index is 0.0155. The summed E-state index contributed by atoms with van der Waals surface area (Å²) in [5.74, 6) is 0. The van der Waals surface area contributed by atoms with Crippen molar-refractivity contribution in [3.63, 3.8) is 0 Å². The van der Waals surface area contributed by atoms with Crippen LogP contribution in [0.2, 0.25) is 0 Å².